The van der Waals surface area contributed by atoms with E-state index in [1.165, 1.54) is 0 Å². The SMILES string of the molecule is COCC1(S(=O)(=O)NCCc2ccc(C)c(OC)c2)CCC1. The standard InChI is InChI=1S/C16H25NO4S/c1-13-5-6-14(11-15(13)21-3)7-10-17-22(18,19)16(12-20-2)8-4-9-16/h5-6,11,17H,4,7-10,12H2,1-3H3. The molecule has 1 aromatic carbocycles. The first-order valence-electron chi connectivity index (χ1n) is 7.56. The van der Waals surface area contributed by atoms with Crippen molar-refractivity contribution in [3.63, 3.8) is 0 Å². The van der Waals surface area contributed by atoms with Crippen molar-refractivity contribution >= 4 is 10.0 Å². The highest BCUT2D eigenvalue weighted by Crippen LogP contribution is 2.39. The van der Waals surface area contributed by atoms with E-state index in [0.717, 1.165) is 23.3 Å². The highest BCUT2D eigenvalue weighted by atomic mass is 32.2. The van der Waals surface area contributed by atoms with Gasteiger partial charge in [0.2, 0.25) is 10.0 Å². The van der Waals surface area contributed by atoms with Gasteiger partial charge in [0.15, 0.2) is 0 Å². The number of ether oxygens (including phenoxy) is 2. The van der Waals surface area contributed by atoms with Crippen LogP contribution in [-0.2, 0) is 21.2 Å². The maximum atomic E-state index is 12.5. The van der Waals surface area contributed by atoms with E-state index in [4.69, 9.17) is 9.47 Å². The molecule has 22 heavy (non-hydrogen) atoms. The van der Waals surface area contributed by atoms with Gasteiger partial charge in [-0.1, -0.05) is 18.6 Å². The number of nitrogens with one attached hydrogen (secondary N) is 1. The first kappa shape index (κ1) is 17.2. The quantitative estimate of drug-likeness (QED) is 0.793. The van der Waals surface area contributed by atoms with Crippen LogP contribution in [0.2, 0.25) is 0 Å². The van der Waals surface area contributed by atoms with E-state index in [1.54, 1.807) is 14.2 Å². The van der Waals surface area contributed by atoms with Crippen LogP contribution in [0.3, 0.4) is 0 Å². The lowest BCUT2D eigenvalue weighted by Crippen LogP contribution is -2.54. The largest absolute Gasteiger partial charge is 0.496 e. The van der Waals surface area contributed by atoms with Crippen molar-refractivity contribution in [2.75, 3.05) is 27.4 Å². The molecule has 5 nitrogen and oxygen atoms in total. The Morgan fingerprint density at radius 1 is 1.27 bits per heavy atom. The molecule has 1 N–H and O–H groups in total. The molecule has 0 unspecified atom stereocenters. The number of sulfonamides is 1. The number of rotatable bonds is 8. The predicted molar refractivity (Wildman–Crippen MR) is 86.8 cm³/mol. The lowest BCUT2D eigenvalue weighted by molar-refractivity contribution is 0.126. The highest BCUT2D eigenvalue weighted by Gasteiger charge is 2.48. The van der Waals surface area contributed by atoms with Crippen LogP contribution in [0.1, 0.15) is 30.4 Å². The molecule has 1 fully saturated rings. The van der Waals surface area contributed by atoms with E-state index < -0.39 is 14.8 Å². The lowest BCUT2D eigenvalue weighted by Gasteiger charge is -2.40. The Kier molecular flexibility index (Phi) is 5.47. The van der Waals surface area contributed by atoms with Gasteiger partial charge in [-0.15, -0.1) is 0 Å². The molecule has 2 rings (SSSR count). The molecule has 0 aliphatic heterocycles. The van der Waals surface area contributed by atoms with Gasteiger partial charge in [0, 0.05) is 13.7 Å². The van der Waals surface area contributed by atoms with Gasteiger partial charge in [-0.2, -0.15) is 0 Å². The van der Waals surface area contributed by atoms with Crippen molar-refractivity contribution in [3.05, 3.63) is 29.3 Å². The number of aryl methyl sites for hydroxylation is 1. The van der Waals surface area contributed by atoms with Crippen molar-refractivity contribution in [1.29, 1.82) is 0 Å². The molecule has 1 aromatic rings. The van der Waals surface area contributed by atoms with Crippen LogP contribution in [0.15, 0.2) is 18.2 Å². The van der Waals surface area contributed by atoms with E-state index in [1.807, 2.05) is 25.1 Å². The van der Waals surface area contributed by atoms with Crippen LogP contribution in [0.25, 0.3) is 0 Å². The predicted octanol–water partition coefficient (Wildman–Crippen LogP) is 2.03. The van der Waals surface area contributed by atoms with Gasteiger partial charge in [-0.3, -0.25) is 0 Å². The highest BCUT2D eigenvalue weighted by molar-refractivity contribution is 7.91. The van der Waals surface area contributed by atoms with E-state index in [0.29, 0.717) is 25.8 Å². The zero-order chi connectivity index (χ0) is 16.2. The third-order valence-corrected chi connectivity index (χ3v) is 6.67. The Balaban J connectivity index is 1.95. The van der Waals surface area contributed by atoms with E-state index >= 15 is 0 Å². The molecule has 0 aromatic heterocycles. The van der Waals surface area contributed by atoms with Crippen LogP contribution in [0.4, 0.5) is 0 Å². The summed E-state index contributed by atoms with van der Waals surface area (Å²) in [5.41, 5.74) is 2.12. The molecule has 6 heteroatoms. The van der Waals surface area contributed by atoms with Gasteiger partial charge < -0.3 is 9.47 Å². The Morgan fingerprint density at radius 3 is 2.55 bits per heavy atom. The Morgan fingerprint density at radius 2 is 2.00 bits per heavy atom. The van der Waals surface area contributed by atoms with Crippen molar-refractivity contribution in [3.8, 4) is 5.75 Å². The fourth-order valence-corrected chi connectivity index (χ4v) is 4.60. The van der Waals surface area contributed by atoms with Gasteiger partial charge in [0.25, 0.3) is 0 Å². The fourth-order valence-electron chi connectivity index (χ4n) is 2.83. The molecular formula is C16H25NO4S. The summed E-state index contributed by atoms with van der Waals surface area (Å²) in [6, 6.07) is 5.94. The first-order chi connectivity index (χ1) is 10.4. The number of hydrogen-bond donors (Lipinski definition) is 1. The molecule has 124 valence electrons. The van der Waals surface area contributed by atoms with Gasteiger partial charge >= 0.3 is 0 Å². The van der Waals surface area contributed by atoms with Crippen LogP contribution < -0.4 is 9.46 Å². The fraction of sp³-hybridized carbons (Fsp3) is 0.625. The summed E-state index contributed by atoms with van der Waals surface area (Å²) in [4.78, 5) is 0. The van der Waals surface area contributed by atoms with Gasteiger partial charge in [0.1, 0.15) is 10.5 Å². The van der Waals surface area contributed by atoms with E-state index in [-0.39, 0.29) is 6.61 Å². The maximum Gasteiger partial charge on any atom is 0.219 e. The molecule has 1 saturated carbocycles. The number of benzene rings is 1. The molecule has 1 aliphatic carbocycles. The van der Waals surface area contributed by atoms with Gasteiger partial charge in [-0.25, -0.2) is 13.1 Å². The number of hydrogen-bond acceptors (Lipinski definition) is 4. The van der Waals surface area contributed by atoms with Crippen LogP contribution in [0, 0.1) is 6.92 Å². The van der Waals surface area contributed by atoms with Crippen LogP contribution >= 0.6 is 0 Å². The zero-order valence-electron chi connectivity index (χ0n) is 13.5. The third kappa shape index (κ3) is 3.45. The minimum atomic E-state index is -3.35. The topological polar surface area (TPSA) is 64.6 Å². The molecule has 1 aliphatic rings. The smallest absolute Gasteiger partial charge is 0.219 e. The second kappa shape index (κ2) is 6.98. The minimum absolute atomic E-state index is 0.265. The average molecular weight is 327 g/mol. The molecular weight excluding hydrogens is 302 g/mol. The maximum absolute atomic E-state index is 12.5. The normalized spacial score (nSPS) is 17.0. The molecule has 0 saturated heterocycles. The lowest BCUT2D eigenvalue weighted by atomic mass is 9.85. The summed E-state index contributed by atoms with van der Waals surface area (Å²) in [5.74, 6) is 0.829. The molecule has 0 spiro atoms. The summed E-state index contributed by atoms with van der Waals surface area (Å²) >= 11 is 0. The van der Waals surface area contributed by atoms with Crippen LogP contribution in [-0.4, -0.2) is 40.5 Å². The van der Waals surface area contributed by atoms with E-state index in [9.17, 15) is 8.42 Å². The minimum Gasteiger partial charge on any atom is -0.496 e. The first-order valence-corrected chi connectivity index (χ1v) is 9.04. The number of methoxy groups -OCH3 is 2. The van der Waals surface area contributed by atoms with Crippen molar-refractivity contribution in [1.82, 2.24) is 4.72 Å². The summed E-state index contributed by atoms with van der Waals surface area (Å²) in [6.45, 7) is 2.64. The Bertz CT molecular complexity index is 609. The molecule has 0 radical (unpaired) electrons. The summed E-state index contributed by atoms with van der Waals surface area (Å²) in [6.07, 6.45) is 2.93. The van der Waals surface area contributed by atoms with Crippen molar-refractivity contribution < 1.29 is 17.9 Å². The summed E-state index contributed by atoms with van der Waals surface area (Å²) in [5, 5.41) is 0. The molecule has 0 atom stereocenters. The second-order valence-electron chi connectivity index (χ2n) is 5.92. The summed E-state index contributed by atoms with van der Waals surface area (Å²) in [7, 11) is -0.159. The second-order valence-corrected chi connectivity index (χ2v) is 8.08. The average Bonchev–Trinajstić information content (AvgIpc) is 2.44. The van der Waals surface area contributed by atoms with Crippen molar-refractivity contribution in [2.45, 2.75) is 37.4 Å². The Labute approximate surface area is 133 Å². The zero-order valence-corrected chi connectivity index (χ0v) is 14.3. The molecule has 0 bridgehead atoms. The van der Waals surface area contributed by atoms with Crippen molar-refractivity contribution in [2.24, 2.45) is 0 Å². The molecule has 0 heterocycles. The van der Waals surface area contributed by atoms with Gasteiger partial charge in [0.05, 0.1) is 13.7 Å². The van der Waals surface area contributed by atoms with E-state index in [2.05, 4.69) is 4.72 Å². The monoisotopic (exact) mass is 327 g/mol. The van der Waals surface area contributed by atoms with Gasteiger partial charge in [-0.05, 0) is 43.4 Å². The third-order valence-electron chi connectivity index (χ3n) is 4.42. The summed E-state index contributed by atoms with van der Waals surface area (Å²) < 4.78 is 37.4. The Hall–Kier alpha value is -1.11. The molecule has 0 amide bonds. The van der Waals surface area contributed by atoms with Crippen LogP contribution in [0.5, 0.6) is 5.75 Å².